The van der Waals surface area contributed by atoms with E-state index in [0.29, 0.717) is 10.7 Å². The van der Waals surface area contributed by atoms with Gasteiger partial charge >= 0.3 is 0 Å². The van der Waals surface area contributed by atoms with E-state index in [1.54, 1.807) is 6.07 Å². The third kappa shape index (κ3) is 4.29. The zero-order chi connectivity index (χ0) is 20.9. The quantitative estimate of drug-likeness (QED) is 0.332. The van der Waals surface area contributed by atoms with Crippen LogP contribution in [-0.2, 0) is 0 Å². The van der Waals surface area contributed by atoms with Crippen molar-refractivity contribution in [3.8, 4) is 11.3 Å². The lowest BCUT2D eigenvalue weighted by atomic mass is 10.0. The average Bonchev–Trinajstić information content (AvgIpc) is 2.79. The molecule has 148 valence electrons. The fourth-order valence-electron chi connectivity index (χ4n) is 3.17. The van der Waals surface area contributed by atoms with E-state index in [4.69, 9.17) is 17.2 Å². The molecule has 1 heterocycles. The number of carbonyl (C=O) groups excluding carboxylic acids is 1. The molecule has 0 saturated carbocycles. The van der Waals surface area contributed by atoms with Crippen LogP contribution in [0.5, 0.6) is 0 Å². The molecular formula is C24H20N4OS. The van der Waals surface area contributed by atoms with E-state index < -0.39 is 0 Å². The van der Waals surface area contributed by atoms with Crippen LogP contribution in [0, 0.1) is 6.92 Å². The maximum Gasteiger partial charge on any atom is 0.270 e. The van der Waals surface area contributed by atoms with Crippen LogP contribution in [0.4, 0.5) is 5.69 Å². The smallest absolute Gasteiger partial charge is 0.270 e. The molecule has 5 nitrogen and oxygen atoms in total. The van der Waals surface area contributed by atoms with Crippen molar-refractivity contribution in [2.45, 2.75) is 6.92 Å². The number of fused-ring (bicyclic) bond motifs is 1. The van der Waals surface area contributed by atoms with Gasteiger partial charge in [0.15, 0.2) is 5.11 Å². The molecule has 30 heavy (non-hydrogen) atoms. The topological polar surface area (TPSA) is 66.0 Å². The van der Waals surface area contributed by atoms with Crippen molar-refractivity contribution in [2.24, 2.45) is 0 Å². The monoisotopic (exact) mass is 412 g/mol. The van der Waals surface area contributed by atoms with Crippen molar-refractivity contribution in [2.75, 3.05) is 5.32 Å². The summed E-state index contributed by atoms with van der Waals surface area (Å²) in [6.45, 7) is 1.98. The summed E-state index contributed by atoms with van der Waals surface area (Å²) in [6, 6.07) is 27.0. The van der Waals surface area contributed by atoms with Crippen LogP contribution < -0.4 is 16.2 Å². The van der Waals surface area contributed by atoms with E-state index >= 15 is 0 Å². The van der Waals surface area contributed by atoms with E-state index in [2.05, 4.69) is 16.2 Å². The van der Waals surface area contributed by atoms with Crippen molar-refractivity contribution in [3.63, 3.8) is 0 Å². The third-order valence-electron chi connectivity index (χ3n) is 4.71. The van der Waals surface area contributed by atoms with Crippen LogP contribution in [0.1, 0.15) is 15.9 Å². The average molecular weight is 413 g/mol. The maximum atomic E-state index is 13.0. The standard InChI is InChI=1S/C24H20N4OS/c1-16-9-5-7-13-20(16)26-24(30)28-27-23(29)19-15-22(17-10-3-2-4-11-17)25-21-14-8-6-12-18(19)21/h2-15H,1H3,(H,27,29)(H2,26,28,30). The molecule has 0 aliphatic carbocycles. The highest BCUT2D eigenvalue weighted by atomic mass is 32.1. The fourth-order valence-corrected chi connectivity index (χ4v) is 3.33. The van der Waals surface area contributed by atoms with Gasteiger partial charge in [-0.2, -0.15) is 0 Å². The van der Waals surface area contributed by atoms with Crippen molar-refractivity contribution in [3.05, 3.63) is 96.1 Å². The second-order valence-electron chi connectivity index (χ2n) is 6.79. The predicted octanol–water partition coefficient (Wildman–Crippen LogP) is 4.84. The summed E-state index contributed by atoms with van der Waals surface area (Å²) in [5.41, 5.74) is 10.4. The van der Waals surface area contributed by atoms with Crippen LogP contribution in [-0.4, -0.2) is 16.0 Å². The number of thiocarbonyl (C=S) groups is 1. The molecule has 0 bridgehead atoms. The zero-order valence-corrected chi connectivity index (χ0v) is 17.2. The van der Waals surface area contributed by atoms with Crippen LogP contribution in [0.15, 0.2) is 84.9 Å². The highest BCUT2D eigenvalue weighted by molar-refractivity contribution is 7.80. The van der Waals surface area contributed by atoms with E-state index in [9.17, 15) is 4.79 Å². The third-order valence-corrected chi connectivity index (χ3v) is 4.92. The number of rotatable bonds is 3. The van der Waals surface area contributed by atoms with Crippen LogP contribution in [0.3, 0.4) is 0 Å². The summed E-state index contributed by atoms with van der Waals surface area (Å²) in [4.78, 5) is 17.7. The number of anilines is 1. The molecule has 0 fully saturated rings. The van der Waals surface area contributed by atoms with Crippen molar-refractivity contribution < 1.29 is 4.79 Å². The molecule has 0 aliphatic heterocycles. The maximum absolute atomic E-state index is 13.0. The first kappa shape index (κ1) is 19.5. The second-order valence-corrected chi connectivity index (χ2v) is 7.19. The first-order chi connectivity index (χ1) is 14.6. The first-order valence-corrected chi connectivity index (χ1v) is 9.91. The van der Waals surface area contributed by atoms with Gasteiger partial charge in [-0.05, 0) is 42.9 Å². The highest BCUT2D eigenvalue weighted by Gasteiger charge is 2.14. The van der Waals surface area contributed by atoms with Crippen molar-refractivity contribution >= 4 is 39.8 Å². The van der Waals surface area contributed by atoms with Gasteiger partial charge in [-0.1, -0.05) is 66.7 Å². The largest absolute Gasteiger partial charge is 0.331 e. The Morgan fingerprint density at radius 1 is 0.867 bits per heavy atom. The Bertz CT molecular complexity index is 1220. The first-order valence-electron chi connectivity index (χ1n) is 9.50. The number of nitrogens with one attached hydrogen (secondary N) is 3. The molecule has 4 aromatic rings. The molecule has 0 radical (unpaired) electrons. The number of nitrogens with zero attached hydrogens (tertiary/aromatic N) is 1. The SMILES string of the molecule is Cc1ccccc1NC(=S)NNC(=O)c1cc(-c2ccccc2)nc2ccccc12. The summed E-state index contributed by atoms with van der Waals surface area (Å²) in [5, 5.41) is 4.16. The Balaban J connectivity index is 1.57. The number of amides is 1. The molecule has 6 heteroatoms. The van der Waals surface area contributed by atoms with Crippen molar-refractivity contribution in [1.29, 1.82) is 0 Å². The Hall–Kier alpha value is -3.77. The van der Waals surface area contributed by atoms with Gasteiger partial charge in [0.2, 0.25) is 0 Å². The Morgan fingerprint density at radius 2 is 1.57 bits per heavy atom. The molecule has 0 spiro atoms. The lowest BCUT2D eigenvalue weighted by molar-refractivity contribution is 0.0946. The minimum atomic E-state index is -0.292. The van der Waals surface area contributed by atoms with Gasteiger partial charge in [0, 0.05) is 16.6 Å². The molecule has 0 aliphatic rings. The number of benzene rings is 3. The molecular weight excluding hydrogens is 392 g/mol. The number of carbonyl (C=O) groups is 1. The molecule has 1 aromatic heterocycles. The minimum absolute atomic E-state index is 0.292. The summed E-state index contributed by atoms with van der Waals surface area (Å²) < 4.78 is 0. The van der Waals surface area contributed by atoms with Gasteiger partial charge in [-0.25, -0.2) is 4.98 Å². The summed E-state index contributed by atoms with van der Waals surface area (Å²) in [6.07, 6.45) is 0. The van der Waals surface area contributed by atoms with Crippen molar-refractivity contribution in [1.82, 2.24) is 15.8 Å². The molecule has 0 unspecified atom stereocenters. The van der Waals surface area contributed by atoms with Gasteiger partial charge < -0.3 is 5.32 Å². The number of hydrazine groups is 1. The van der Waals surface area contributed by atoms with Gasteiger partial charge in [0.1, 0.15) is 0 Å². The molecule has 3 aromatic carbocycles. The number of hydrogen-bond donors (Lipinski definition) is 3. The van der Waals surface area contributed by atoms with E-state index in [0.717, 1.165) is 33.4 Å². The van der Waals surface area contributed by atoms with E-state index in [-0.39, 0.29) is 5.91 Å². The van der Waals surface area contributed by atoms with Gasteiger partial charge in [0.25, 0.3) is 5.91 Å². The van der Waals surface area contributed by atoms with E-state index in [1.165, 1.54) is 0 Å². The second kappa shape index (κ2) is 8.71. The van der Waals surface area contributed by atoms with Crippen LogP contribution in [0.25, 0.3) is 22.2 Å². The normalized spacial score (nSPS) is 10.4. The molecule has 3 N–H and O–H groups in total. The molecule has 4 rings (SSSR count). The Labute approximate surface area is 180 Å². The molecule has 1 amide bonds. The van der Waals surface area contributed by atoms with E-state index in [1.807, 2.05) is 85.8 Å². The zero-order valence-electron chi connectivity index (χ0n) is 16.3. The van der Waals surface area contributed by atoms with Crippen LogP contribution >= 0.6 is 12.2 Å². The summed E-state index contributed by atoms with van der Waals surface area (Å²) in [5.74, 6) is -0.292. The van der Waals surface area contributed by atoms with Gasteiger partial charge in [-0.15, -0.1) is 0 Å². The Kier molecular flexibility index (Phi) is 5.68. The molecule has 0 atom stereocenters. The summed E-state index contributed by atoms with van der Waals surface area (Å²) in [7, 11) is 0. The predicted molar refractivity (Wildman–Crippen MR) is 125 cm³/mol. The fraction of sp³-hybridized carbons (Fsp3) is 0.0417. The molecule has 0 saturated heterocycles. The minimum Gasteiger partial charge on any atom is -0.331 e. The number of para-hydroxylation sites is 2. The summed E-state index contributed by atoms with van der Waals surface area (Å²) >= 11 is 5.31. The number of aryl methyl sites for hydroxylation is 1. The lowest BCUT2D eigenvalue weighted by Crippen LogP contribution is -2.43. The van der Waals surface area contributed by atoms with Gasteiger partial charge in [0.05, 0.1) is 16.8 Å². The Morgan fingerprint density at radius 3 is 2.37 bits per heavy atom. The number of pyridine rings is 1. The number of hydrogen-bond acceptors (Lipinski definition) is 3. The highest BCUT2D eigenvalue weighted by Crippen LogP contribution is 2.24. The number of aromatic nitrogens is 1. The lowest BCUT2D eigenvalue weighted by Gasteiger charge is -2.14. The van der Waals surface area contributed by atoms with Gasteiger partial charge in [-0.3, -0.25) is 15.6 Å². The van der Waals surface area contributed by atoms with Crippen LogP contribution in [0.2, 0.25) is 0 Å².